The Bertz CT molecular complexity index is 638. The quantitative estimate of drug-likeness (QED) is 0.922. The van der Waals surface area contributed by atoms with Crippen molar-refractivity contribution in [1.82, 2.24) is 4.31 Å². The number of sulfonamides is 1. The molecule has 1 aliphatic rings. The Morgan fingerprint density at radius 3 is 2.71 bits per heavy atom. The Morgan fingerprint density at radius 2 is 2.10 bits per heavy atom. The zero-order valence-electron chi connectivity index (χ0n) is 12.8. The molecule has 2 N–H and O–H groups in total. The van der Waals surface area contributed by atoms with E-state index in [1.165, 1.54) is 18.4 Å². The van der Waals surface area contributed by atoms with Gasteiger partial charge in [-0.05, 0) is 30.5 Å². The maximum atomic E-state index is 12.3. The number of nitrogens with zero attached hydrogens (tertiary/aromatic N) is 2. The van der Waals surface area contributed by atoms with E-state index < -0.39 is 10.0 Å². The molecule has 0 radical (unpaired) electrons. The number of hydrogen-bond acceptors (Lipinski definition) is 4. The van der Waals surface area contributed by atoms with Crippen molar-refractivity contribution in [2.24, 2.45) is 5.73 Å². The van der Waals surface area contributed by atoms with Crippen LogP contribution in [0.2, 0.25) is 0 Å². The van der Waals surface area contributed by atoms with E-state index in [4.69, 9.17) is 5.73 Å². The number of anilines is 1. The summed E-state index contributed by atoms with van der Waals surface area (Å²) in [5.74, 6) is 0. The smallest absolute Gasteiger partial charge is 0.242 e. The van der Waals surface area contributed by atoms with E-state index in [0.29, 0.717) is 4.90 Å². The van der Waals surface area contributed by atoms with Gasteiger partial charge in [0.05, 0.1) is 11.1 Å². The molecular weight excluding hydrogens is 286 g/mol. The van der Waals surface area contributed by atoms with E-state index in [0.717, 1.165) is 30.6 Å². The normalized spacial score (nSPS) is 18.7. The first kappa shape index (κ1) is 16.0. The largest absolute Gasteiger partial charge is 0.355 e. The third-order valence-electron chi connectivity index (χ3n) is 3.63. The van der Waals surface area contributed by atoms with Crippen LogP contribution >= 0.6 is 0 Å². The summed E-state index contributed by atoms with van der Waals surface area (Å²) in [6.45, 7) is 2.90. The van der Waals surface area contributed by atoms with Gasteiger partial charge in [-0.3, -0.25) is 0 Å². The third kappa shape index (κ3) is 3.12. The van der Waals surface area contributed by atoms with Crippen molar-refractivity contribution in [3.8, 4) is 0 Å². The first-order chi connectivity index (χ1) is 9.87. The molecule has 0 amide bonds. The Hall–Kier alpha value is -1.37. The molecular formula is C15H23N3O2S. The van der Waals surface area contributed by atoms with E-state index in [1.54, 1.807) is 12.1 Å². The number of nitrogens with two attached hydrogens (primary N) is 1. The zero-order valence-corrected chi connectivity index (χ0v) is 13.6. The van der Waals surface area contributed by atoms with Gasteiger partial charge in [0, 0.05) is 26.3 Å². The average Bonchev–Trinajstić information content (AvgIpc) is 2.58. The lowest BCUT2D eigenvalue weighted by atomic mass is 10.1. The standard InChI is InChI=1S/C15H23N3O2S/c1-4-10-18-14-11-13(21(19,20)17(2)3)9-8-12(14)6-5-7-15(18)16/h5-6,8-9,11,15H,4,7,10,16H2,1-3H3. The molecule has 2 rings (SSSR count). The summed E-state index contributed by atoms with van der Waals surface area (Å²) < 4.78 is 25.8. The lowest BCUT2D eigenvalue weighted by Gasteiger charge is -2.30. The van der Waals surface area contributed by atoms with Crippen LogP contribution in [0.4, 0.5) is 5.69 Å². The summed E-state index contributed by atoms with van der Waals surface area (Å²) in [4.78, 5) is 2.39. The molecule has 1 aromatic carbocycles. The van der Waals surface area contributed by atoms with Crippen molar-refractivity contribution in [2.75, 3.05) is 25.5 Å². The van der Waals surface area contributed by atoms with Crippen LogP contribution in [0.25, 0.3) is 6.08 Å². The van der Waals surface area contributed by atoms with Gasteiger partial charge in [0.15, 0.2) is 0 Å². The highest BCUT2D eigenvalue weighted by molar-refractivity contribution is 7.89. The fourth-order valence-electron chi connectivity index (χ4n) is 2.45. The molecule has 21 heavy (non-hydrogen) atoms. The molecule has 0 fully saturated rings. The highest BCUT2D eigenvalue weighted by Crippen LogP contribution is 2.30. The van der Waals surface area contributed by atoms with Gasteiger partial charge in [0.1, 0.15) is 0 Å². The summed E-state index contributed by atoms with van der Waals surface area (Å²) in [6, 6.07) is 5.23. The SMILES string of the molecule is CCCN1c2cc(S(=O)(=O)N(C)C)ccc2C=CCC1N. The Morgan fingerprint density at radius 1 is 1.38 bits per heavy atom. The van der Waals surface area contributed by atoms with Crippen LogP contribution in [0.3, 0.4) is 0 Å². The Labute approximate surface area is 127 Å². The van der Waals surface area contributed by atoms with Crippen molar-refractivity contribution in [1.29, 1.82) is 0 Å². The molecule has 1 atom stereocenters. The number of hydrogen-bond donors (Lipinski definition) is 1. The molecule has 1 aromatic rings. The first-order valence-electron chi connectivity index (χ1n) is 7.13. The van der Waals surface area contributed by atoms with Crippen molar-refractivity contribution >= 4 is 21.8 Å². The van der Waals surface area contributed by atoms with Gasteiger partial charge in [-0.1, -0.05) is 25.1 Å². The molecule has 0 aliphatic carbocycles. The summed E-state index contributed by atoms with van der Waals surface area (Å²) in [5, 5.41) is 0. The van der Waals surface area contributed by atoms with Gasteiger partial charge in [-0.2, -0.15) is 0 Å². The minimum absolute atomic E-state index is 0.125. The van der Waals surface area contributed by atoms with E-state index in [2.05, 4.69) is 11.8 Å². The fourth-order valence-corrected chi connectivity index (χ4v) is 3.37. The Balaban J connectivity index is 2.55. The molecule has 1 heterocycles. The maximum Gasteiger partial charge on any atom is 0.242 e. The fraction of sp³-hybridized carbons (Fsp3) is 0.467. The first-order valence-corrected chi connectivity index (χ1v) is 8.57. The molecule has 5 nitrogen and oxygen atoms in total. The summed E-state index contributed by atoms with van der Waals surface area (Å²) in [6.07, 6.45) is 5.64. The van der Waals surface area contributed by atoms with E-state index in [-0.39, 0.29) is 6.17 Å². The third-order valence-corrected chi connectivity index (χ3v) is 5.44. The predicted molar refractivity (Wildman–Crippen MR) is 86.6 cm³/mol. The zero-order chi connectivity index (χ0) is 15.6. The molecule has 0 aromatic heterocycles. The molecule has 0 bridgehead atoms. The van der Waals surface area contributed by atoms with E-state index in [9.17, 15) is 8.42 Å². The van der Waals surface area contributed by atoms with Crippen LogP contribution in [0.15, 0.2) is 29.2 Å². The van der Waals surface area contributed by atoms with Gasteiger partial charge in [-0.25, -0.2) is 12.7 Å². The summed E-state index contributed by atoms with van der Waals surface area (Å²) in [5.41, 5.74) is 8.11. The lowest BCUT2D eigenvalue weighted by molar-refractivity contribution is 0.520. The number of benzene rings is 1. The van der Waals surface area contributed by atoms with Crippen LogP contribution in [0, 0.1) is 0 Å². The van der Waals surface area contributed by atoms with Gasteiger partial charge in [0.2, 0.25) is 10.0 Å². The van der Waals surface area contributed by atoms with E-state index >= 15 is 0 Å². The van der Waals surface area contributed by atoms with Crippen LogP contribution in [-0.2, 0) is 10.0 Å². The van der Waals surface area contributed by atoms with Crippen LogP contribution < -0.4 is 10.6 Å². The van der Waals surface area contributed by atoms with Gasteiger partial charge in [0.25, 0.3) is 0 Å². The lowest BCUT2D eigenvalue weighted by Crippen LogP contribution is -2.42. The van der Waals surface area contributed by atoms with E-state index in [1.807, 2.05) is 18.2 Å². The van der Waals surface area contributed by atoms with Crippen LogP contribution in [-0.4, -0.2) is 39.5 Å². The maximum absolute atomic E-state index is 12.3. The van der Waals surface area contributed by atoms with Crippen molar-refractivity contribution in [3.05, 3.63) is 29.8 Å². The average molecular weight is 309 g/mol. The molecule has 116 valence electrons. The minimum atomic E-state index is -3.44. The minimum Gasteiger partial charge on any atom is -0.355 e. The van der Waals surface area contributed by atoms with Gasteiger partial charge in [-0.15, -0.1) is 0 Å². The summed E-state index contributed by atoms with van der Waals surface area (Å²) >= 11 is 0. The predicted octanol–water partition coefficient (Wildman–Crippen LogP) is 1.85. The molecule has 0 spiro atoms. The molecule has 0 saturated heterocycles. The van der Waals surface area contributed by atoms with Crippen molar-refractivity contribution in [2.45, 2.75) is 30.8 Å². The van der Waals surface area contributed by atoms with Gasteiger partial charge < -0.3 is 10.6 Å². The highest BCUT2D eigenvalue weighted by Gasteiger charge is 2.23. The molecule has 0 saturated carbocycles. The van der Waals surface area contributed by atoms with Crippen molar-refractivity contribution in [3.63, 3.8) is 0 Å². The second-order valence-electron chi connectivity index (χ2n) is 5.41. The van der Waals surface area contributed by atoms with Crippen molar-refractivity contribution < 1.29 is 8.42 Å². The Kier molecular flexibility index (Phi) is 4.70. The highest BCUT2D eigenvalue weighted by atomic mass is 32.2. The number of rotatable bonds is 4. The van der Waals surface area contributed by atoms with Gasteiger partial charge >= 0.3 is 0 Å². The number of fused-ring (bicyclic) bond motifs is 1. The monoisotopic (exact) mass is 309 g/mol. The molecule has 1 aliphatic heterocycles. The van der Waals surface area contributed by atoms with Crippen LogP contribution in [0.5, 0.6) is 0 Å². The van der Waals surface area contributed by atoms with Crippen LogP contribution in [0.1, 0.15) is 25.3 Å². The topological polar surface area (TPSA) is 66.6 Å². The second kappa shape index (κ2) is 6.17. The molecule has 1 unspecified atom stereocenters. The second-order valence-corrected chi connectivity index (χ2v) is 7.56. The molecule has 6 heteroatoms. The summed E-state index contributed by atoms with van der Waals surface area (Å²) in [7, 11) is -0.360.